The minimum Gasteiger partial charge on any atom is -0.496 e. The first kappa shape index (κ1) is 13.9. The summed E-state index contributed by atoms with van der Waals surface area (Å²) >= 11 is 0. The minimum absolute atomic E-state index is 0.0574. The quantitative estimate of drug-likeness (QED) is 0.634. The second-order valence-corrected chi connectivity index (χ2v) is 3.94. The summed E-state index contributed by atoms with van der Waals surface area (Å²) in [5.41, 5.74) is 0.464. The van der Waals surface area contributed by atoms with Crippen molar-refractivity contribution < 1.29 is 14.2 Å². The van der Waals surface area contributed by atoms with Crippen LogP contribution in [0, 0.1) is 10.1 Å². The number of nitrogens with zero attached hydrogens (tertiary/aromatic N) is 3. The molecule has 1 aromatic carbocycles. The van der Waals surface area contributed by atoms with Crippen LogP contribution in [0.25, 0.3) is 11.5 Å². The lowest BCUT2D eigenvalue weighted by atomic mass is 10.2. The van der Waals surface area contributed by atoms with Crippen molar-refractivity contribution in [1.29, 1.82) is 0 Å². The van der Waals surface area contributed by atoms with E-state index in [2.05, 4.69) is 15.5 Å². The van der Waals surface area contributed by atoms with Gasteiger partial charge in [0.1, 0.15) is 5.75 Å². The summed E-state index contributed by atoms with van der Waals surface area (Å²) in [4.78, 5) is 14.5. The third-order valence-corrected chi connectivity index (χ3v) is 2.63. The van der Waals surface area contributed by atoms with Crippen LogP contribution in [0.2, 0.25) is 0 Å². The number of hydrogen-bond donors (Lipinski definition) is 1. The summed E-state index contributed by atoms with van der Waals surface area (Å²) in [5.74, 6) is 1.10. The van der Waals surface area contributed by atoms with Crippen molar-refractivity contribution >= 4 is 5.69 Å². The van der Waals surface area contributed by atoms with Gasteiger partial charge >= 0.3 is 0 Å². The van der Waals surface area contributed by atoms with Crippen molar-refractivity contribution in [3.8, 4) is 17.2 Å². The van der Waals surface area contributed by atoms with Gasteiger partial charge in [0, 0.05) is 6.07 Å². The second kappa shape index (κ2) is 6.11. The van der Waals surface area contributed by atoms with Crippen LogP contribution in [0.5, 0.6) is 5.75 Å². The molecule has 0 atom stereocenters. The van der Waals surface area contributed by atoms with Crippen LogP contribution in [0.1, 0.15) is 12.7 Å². The Bertz CT molecular complexity index is 611. The fourth-order valence-electron chi connectivity index (χ4n) is 1.64. The number of rotatable bonds is 6. The predicted octanol–water partition coefficient (Wildman–Crippen LogP) is 1.76. The van der Waals surface area contributed by atoms with E-state index in [1.807, 2.05) is 6.92 Å². The summed E-state index contributed by atoms with van der Waals surface area (Å²) < 4.78 is 10.3. The Morgan fingerprint density at radius 3 is 2.95 bits per heavy atom. The summed E-state index contributed by atoms with van der Waals surface area (Å²) in [6.07, 6.45) is 0. The second-order valence-electron chi connectivity index (χ2n) is 3.94. The number of nitrogens with one attached hydrogen (secondary N) is 1. The Balaban J connectivity index is 2.32. The Hall–Kier alpha value is -2.48. The van der Waals surface area contributed by atoms with Crippen LogP contribution in [0.3, 0.4) is 0 Å². The van der Waals surface area contributed by atoms with E-state index in [4.69, 9.17) is 9.26 Å². The first-order valence-electron chi connectivity index (χ1n) is 6.01. The molecule has 0 saturated carbocycles. The molecule has 0 amide bonds. The molecule has 106 valence electrons. The summed E-state index contributed by atoms with van der Waals surface area (Å²) in [6.45, 7) is 3.26. The lowest BCUT2D eigenvalue weighted by Gasteiger charge is -2.03. The molecule has 1 N–H and O–H groups in total. The van der Waals surface area contributed by atoms with Gasteiger partial charge in [0.05, 0.1) is 30.2 Å². The molecule has 0 spiro atoms. The van der Waals surface area contributed by atoms with Gasteiger partial charge in [-0.2, -0.15) is 4.98 Å². The summed E-state index contributed by atoms with van der Waals surface area (Å²) in [7, 11) is 1.43. The molecule has 0 saturated heterocycles. The van der Waals surface area contributed by atoms with E-state index < -0.39 is 4.92 Å². The molecule has 1 aromatic heterocycles. The fourth-order valence-corrected chi connectivity index (χ4v) is 1.64. The highest BCUT2D eigenvalue weighted by Gasteiger charge is 2.17. The number of hydrogen-bond acceptors (Lipinski definition) is 7. The smallest absolute Gasteiger partial charge is 0.273 e. The van der Waals surface area contributed by atoms with Gasteiger partial charge in [-0.1, -0.05) is 12.1 Å². The van der Waals surface area contributed by atoms with Crippen LogP contribution in [0.4, 0.5) is 5.69 Å². The molecule has 0 fully saturated rings. The molecule has 0 radical (unpaired) electrons. The zero-order valence-corrected chi connectivity index (χ0v) is 11.1. The Morgan fingerprint density at radius 2 is 2.30 bits per heavy atom. The maximum atomic E-state index is 10.7. The van der Waals surface area contributed by atoms with Crippen LogP contribution >= 0.6 is 0 Å². The predicted molar refractivity (Wildman–Crippen MR) is 70.3 cm³/mol. The average Bonchev–Trinajstić information content (AvgIpc) is 2.92. The van der Waals surface area contributed by atoms with E-state index >= 15 is 0 Å². The molecular weight excluding hydrogens is 264 g/mol. The molecule has 20 heavy (non-hydrogen) atoms. The molecule has 0 bridgehead atoms. The largest absolute Gasteiger partial charge is 0.496 e. The van der Waals surface area contributed by atoms with Gasteiger partial charge < -0.3 is 14.6 Å². The molecule has 0 aliphatic rings. The van der Waals surface area contributed by atoms with Gasteiger partial charge in [0.15, 0.2) is 5.82 Å². The Kier molecular flexibility index (Phi) is 4.26. The van der Waals surface area contributed by atoms with Gasteiger partial charge in [-0.15, -0.1) is 0 Å². The van der Waals surface area contributed by atoms with Crippen LogP contribution in [0.15, 0.2) is 22.7 Å². The average molecular weight is 278 g/mol. The summed E-state index contributed by atoms with van der Waals surface area (Å²) in [5, 5.41) is 17.6. The zero-order valence-electron chi connectivity index (χ0n) is 11.1. The molecular formula is C12H14N4O4. The van der Waals surface area contributed by atoms with E-state index in [1.165, 1.54) is 25.3 Å². The van der Waals surface area contributed by atoms with Gasteiger partial charge in [-0.25, -0.2) is 0 Å². The SMILES string of the molecule is CCNCc1noc(-c2ccc([N+](=O)[O-])cc2OC)n1. The first-order chi connectivity index (χ1) is 9.65. The number of benzene rings is 1. The maximum Gasteiger partial charge on any atom is 0.273 e. The van der Waals surface area contributed by atoms with Crippen molar-refractivity contribution in [2.75, 3.05) is 13.7 Å². The van der Waals surface area contributed by atoms with E-state index in [0.717, 1.165) is 6.54 Å². The monoisotopic (exact) mass is 278 g/mol. The topological polar surface area (TPSA) is 103 Å². The molecule has 2 aromatic rings. The van der Waals surface area contributed by atoms with Gasteiger partial charge in [0.25, 0.3) is 11.6 Å². The van der Waals surface area contributed by atoms with Crippen molar-refractivity contribution in [2.45, 2.75) is 13.5 Å². The van der Waals surface area contributed by atoms with Crippen molar-refractivity contribution in [3.05, 3.63) is 34.1 Å². The highest BCUT2D eigenvalue weighted by Crippen LogP contribution is 2.32. The van der Waals surface area contributed by atoms with Crippen LogP contribution in [-0.2, 0) is 6.54 Å². The zero-order chi connectivity index (χ0) is 14.5. The van der Waals surface area contributed by atoms with E-state index in [1.54, 1.807) is 0 Å². The van der Waals surface area contributed by atoms with E-state index in [9.17, 15) is 10.1 Å². The number of non-ortho nitro benzene ring substituents is 1. The number of ether oxygens (including phenoxy) is 1. The highest BCUT2D eigenvalue weighted by molar-refractivity contribution is 5.65. The lowest BCUT2D eigenvalue weighted by molar-refractivity contribution is -0.384. The molecule has 0 aliphatic heterocycles. The molecule has 0 aliphatic carbocycles. The standard InChI is InChI=1S/C12H14N4O4/c1-3-13-7-11-14-12(20-15-11)9-5-4-8(16(17)18)6-10(9)19-2/h4-6,13H,3,7H2,1-2H3. The molecule has 0 unspecified atom stereocenters. The normalized spacial score (nSPS) is 10.5. The van der Waals surface area contributed by atoms with E-state index in [0.29, 0.717) is 23.7 Å². The van der Waals surface area contributed by atoms with Crippen molar-refractivity contribution in [3.63, 3.8) is 0 Å². The fraction of sp³-hybridized carbons (Fsp3) is 0.333. The Labute approximate surface area is 114 Å². The third kappa shape index (κ3) is 2.91. The van der Waals surface area contributed by atoms with Crippen LogP contribution < -0.4 is 10.1 Å². The first-order valence-corrected chi connectivity index (χ1v) is 6.01. The highest BCUT2D eigenvalue weighted by atomic mass is 16.6. The molecule has 8 nitrogen and oxygen atoms in total. The number of nitro benzene ring substituents is 1. The molecule has 1 heterocycles. The number of methoxy groups -OCH3 is 1. The molecule has 2 rings (SSSR count). The van der Waals surface area contributed by atoms with Crippen LogP contribution in [-0.4, -0.2) is 28.7 Å². The van der Waals surface area contributed by atoms with E-state index in [-0.39, 0.29) is 11.6 Å². The minimum atomic E-state index is -0.489. The van der Waals surface area contributed by atoms with Crippen molar-refractivity contribution in [2.24, 2.45) is 0 Å². The third-order valence-electron chi connectivity index (χ3n) is 2.63. The molecule has 8 heteroatoms. The maximum absolute atomic E-state index is 10.7. The Morgan fingerprint density at radius 1 is 1.50 bits per heavy atom. The van der Waals surface area contributed by atoms with Crippen molar-refractivity contribution in [1.82, 2.24) is 15.5 Å². The number of aromatic nitrogens is 2. The summed E-state index contributed by atoms with van der Waals surface area (Å²) in [6, 6.07) is 4.22. The van der Waals surface area contributed by atoms with Gasteiger partial charge in [-0.05, 0) is 12.6 Å². The number of nitro groups is 1. The van der Waals surface area contributed by atoms with Gasteiger partial charge in [0.2, 0.25) is 0 Å². The van der Waals surface area contributed by atoms with Gasteiger partial charge in [-0.3, -0.25) is 10.1 Å². The lowest BCUT2D eigenvalue weighted by Crippen LogP contribution is -2.12.